The molecule has 0 fully saturated rings. The fourth-order valence-corrected chi connectivity index (χ4v) is 15.7. The molecule has 0 amide bonds. The molecule has 0 aromatic heterocycles. The summed E-state index contributed by atoms with van der Waals surface area (Å²) in [5.74, 6) is 0.930. The molecule has 0 saturated heterocycles. The van der Waals surface area contributed by atoms with Gasteiger partial charge in [-0.05, 0) is 337 Å². The van der Waals surface area contributed by atoms with Gasteiger partial charge in [-0.2, -0.15) is 0 Å². The molecule has 0 saturated carbocycles. The maximum atomic E-state index is 12.3. The first kappa shape index (κ1) is 132. The van der Waals surface area contributed by atoms with E-state index in [1.165, 1.54) is 104 Å². The third-order valence-corrected chi connectivity index (χ3v) is 25.9. The Labute approximate surface area is 828 Å². The molecule has 0 radical (unpaired) electrons. The summed E-state index contributed by atoms with van der Waals surface area (Å²) in [4.78, 5) is 72.3. The van der Waals surface area contributed by atoms with Gasteiger partial charge in [0.05, 0.1) is 48.7 Å². The largest absolute Gasteiger partial charge is 0.497 e. The first-order valence-corrected chi connectivity index (χ1v) is 46.0. The van der Waals surface area contributed by atoms with Crippen LogP contribution >= 0.6 is 0 Å². The molecule has 4 aliphatic rings. The van der Waals surface area contributed by atoms with Gasteiger partial charge in [0.15, 0.2) is 0 Å². The number of aryl methyl sites for hydroxylation is 6. The molecule has 0 bridgehead atoms. The summed E-state index contributed by atoms with van der Waals surface area (Å²) in [6.45, 7) is 35.3. The highest BCUT2D eigenvalue weighted by Crippen LogP contribution is 2.41. The molecule has 10 unspecified atom stereocenters. The van der Waals surface area contributed by atoms with Gasteiger partial charge in [0.1, 0.15) is 48.1 Å². The number of hydrogen-bond donors (Lipinski definition) is 0. The van der Waals surface area contributed by atoms with E-state index < -0.39 is 10.8 Å². The monoisotopic (exact) mass is 1880 g/mol. The van der Waals surface area contributed by atoms with E-state index in [-0.39, 0.29) is 185 Å². The zero-order valence-corrected chi connectivity index (χ0v) is 78.0. The van der Waals surface area contributed by atoms with E-state index in [2.05, 4.69) is 127 Å². The summed E-state index contributed by atoms with van der Waals surface area (Å²) in [5, 5.41) is 9.48. The second-order valence-corrected chi connectivity index (χ2v) is 35.7. The highest BCUT2D eigenvalue weighted by atomic mass is 16.6. The maximum absolute atomic E-state index is 12.3. The fourth-order valence-electron chi connectivity index (χ4n) is 15.7. The predicted molar refractivity (Wildman–Crippen MR) is 583 cm³/mol. The summed E-state index contributed by atoms with van der Waals surface area (Å²) in [5.41, 5.74) is 14.1. The van der Waals surface area contributed by atoms with Gasteiger partial charge in [-0.3, -0.25) is 28.8 Å². The molecule has 0 aliphatic heterocycles. The van der Waals surface area contributed by atoms with Crippen molar-refractivity contribution in [2.24, 2.45) is 34.5 Å². The van der Waals surface area contributed by atoms with Crippen LogP contribution in [-0.2, 0) is 95.7 Å². The van der Waals surface area contributed by atoms with Crippen molar-refractivity contribution in [3.8, 4) is 11.5 Å². The molecule has 0 N–H and O–H groups in total. The van der Waals surface area contributed by atoms with Crippen molar-refractivity contribution < 1.29 is 66.7 Å². The topological polar surface area (TPSA) is 176 Å². The molecule has 10 atom stereocenters. The van der Waals surface area contributed by atoms with E-state index in [9.17, 15) is 28.8 Å². The number of carbonyl (C=O) groups excluding carboxylic acids is 6. The van der Waals surface area contributed by atoms with Crippen LogP contribution < -0.4 is 9.47 Å². The van der Waals surface area contributed by atoms with Crippen molar-refractivity contribution >= 4 is 78.9 Å². The number of carbonyl (C=O) groups is 6. The van der Waals surface area contributed by atoms with Crippen LogP contribution in [0.5, 0.6) is 11.5 Å². The molecule has 4 aliphatic carbocycles. The first-order chi connectivity index (χ1) is 59.4. The fraction of sp³-hybridized carbons (Fsp3) is 0.525. The van der Waals surface area contributed by atoms with Crippen LogP contribution in [0.3, 0.4) is 0 Å². The number of hydrogen-bond acceptors (Lipinski definition) is 14. The molecular weight excluding hydrogens is 1690 g/mol. The zero-order valence-electron chi connectivity index (χ0n) is 78.0. The zero-order chi connectivity index (χ0) is 90.0. The van der Waals surface area contributed by atoms with E-state index >= 15 is 0 Å². The quantitative estimate of drug-likeness (QED) is 0.0317. The average molecular weight is 1880 g/mol. The Kier molecular flexibility index (Phi) is 61.3. The Morgan fingerprint density at radius 1 is 0.301 bits per heavy atom. The molecule has 760 valence electrons. The van der Waals surface area contributed by atoms with Gasteiger partial charge in [-0.1, -0.05) is 292 Å². The van der Waals surface area contributed by atoms with Crippen molar-refractivity contribution in [1.29, 1.82) is 0 Å². The van der Waals surface area contributed by atoms with Crippen LogP contribution in [0.4, 0.5) is 0 Å². The Morgan fingerprint density at radius 2 is 0.618 bits per heavy atom. The van der Waals surface area contributed by atoms with Gasteiger partial charge in [0, 0.05) is 5.56 Å². The van der Waals surface area contributed by atoms with Crippen molar-refractivity contribution in [2.75, 3.05) is 14.2 Å². The minimum atomic E-state index is -0.413. The molecule has 14 nitrogen and oxygen atoms in total. The van der Waals surface area contributed by atoms with Crippen LogP contribution in [0.1, 0.15) is 407 Å². The molecule has 136 heavy (non-hydrogen) atoms. The number of ether oxygens (including phenoxy) is 8. The number of rotatable bonds is 24. The minimum Gasteiger partial charge on any atom is -0.497 e. The van der Waals surface area contributed by atoms with Crippen molar-refractivity contribution in [3.63, 3.8) is 0 Å². The summed E-state index contributed by atoms with van der Waals surface area (Å²) in [7, 11) is 3.34. The number of benzene rings is 10. The van der Waals surface area contributed by atoms with Gasteiger partial charge in [-0.15, -0.1) is 0 Å². The van der Waals surface area contributed by atoms with Crippen LogP contribution in [0.15, 0.2) is 182 Å². The SMILES string of the molecule is C.C.C.C.C.C.C.C.C.C.C.C.CCC(C)(C)C(=O)OC(C)c1ccc2c(c1)CCCC2.CCC(C)(C)C(=O)OC1CCCc2cc(OC)ccc21.CCC(C)C(=O)OC(C)c1c2ccccc2cc2ccccc12.CCC(C)C(=O)OC(C)c1ccc2c(c1)CCCC2.CCC(C)C(=O)OC(C)c1ccc2cc3ccccc3cc2c1.CCC(C)C(=O)OC1CCCc2cc(OC)ccc21. The summed E-state index contributed by atoms with van der Waals surface area (Å²) >= 11 is 0. The van der Waals surface area contributed by atoms with E-state index in [1.807, 2.05) is 179 Å². The van der Waals surface area contributed by atoms with Crippen LogP contribution in [0, 0.1) is 34.5 Å². The second-order valence-electron chi connectivity index (χ2n) is 35.7. The molecule has 0 spiro atoms. The normalized spacial score (nSPS) is 14.9. The lowest BCUT2D eigenvalue weighted by Crippen LogP contribution is -2.28. The highest BCUT2D eigenvalue weighted by molar-refractivity contribution is 6.03. The molecule has 0 heterocycles. The van der Waals surface area contributed by atoms with E-state index in [4.69, 9.17) is 37.9 Å². The van der Waals surface area contributed by atoms with Gasteiger partial charge in [0.2, 0.25) is 0 Å². The van der Waals surface area contributed by atoms with E-state index in [0.29, 0.717) is 0 Å². The number of fused-ring (bicyclic) bond motifs is 8. The molecule has 14 rings (SSSR count). The Morgan fingerprint density at radius 3 is 1.01 bits per heavy atom. The Bertz CT molecular complexity index is 5170. The Balaban J connectivity index is -0.000000757. The van der Waals surface area contributed by atoms with Crippen molar-refractivity contribution in [3.05, 3.63) is 249 Å². The maximum Gasteiger partial charge on any atom is 0.312 e. The Hall–Kier alpha value is -10.3. The lowest BCUT2D eigenvalue weighted by Gasteiger charge is -2.29. The lowest BCUT2D eigenvalue weighted by atomic mass is 9.87. The third-order valence-electron chi connectivity index (χ3n) is 25.9. The number of methoxy groups -OCH3 is 2. The van der Waals surface area contributed by atoms with Crippen LogP contribution in [-0.4, -0.2) is 50.0 Å². The van der Waals surface area contributed by atoms with Crippen molar-refractivity contribution in [2.45, 2.75) is 379 Å². The average Bonchev–Trinajstić information content (AvgIpc) is 0.768. The molecule has 14 heteroatoms. The van der Waals surface area contributed by atoms with E-state index in [1.54, 1.807) is 14.2 Å². The first-order valence-electron chi connectivity index (χ1n) is 46.0. The molecule has 10 aromatic rings. The molecule has 10 aromatic carbocycles. The second kappa shape index (κ2) is 63.2. The predicted octanol–water partition coefficient (Wildman–Crippen LogP) is 35.5. The third kappa shape index (κ3) is 35.9. The summed E-state index contributed by atoms with van der Waals surface area (Å²) < 4.78 is 44.5. The van der Waals surface area contributed by atoms with Gasteiger partial charge < -0.3 is 37.9 Å². The minimum absolute atomic E-state index is 0. The van der Waals surface area contributed by atoms with Gasteiger partial charge in [0.25, 0.3) is 0 Å². The molecular formula is C122H188O14. The standard InChI is InChI=1S/2C21H22O2.C18H26O2.C17H24O3.C17H24O2.C16H22O3.12CH4/c1-4-14(2)21(22)23-15(3)20-18-11-7-5-9-16(18)13-17-10-6-8-12-19(17)20;1-4-14(2)21(22)23-15(3)16-9-10-19-12-17-7-5-6-8-18(17)13-20(19)11-16;1-5-18(3,4)17(19)20-13(2)15-11-10-14-8-6-7-9-16(14)12-15;1-5-17(2,3)16(18)20-15-8-6-7-12-11-13(19-4)9-10-14(12)15;1-4-12(2)17(18)19-13(3)15-10-9-14-7-5-6-8-16(14)11-15;1-4-11(2)16(17)19-15-7-5-6-12-10-13(18-3)8-9-14(12)15;;;;;;;;;;;;/h2*5-15H,4H2,1-3H3;10-13H,5-9H2,1-4H3;9-11,15H,5-8H2,1-4H3;9-13H,4-8H2,1-3H3;8-11,15H,4-7H2,1-3H3;12*1H4. The van der Waals surface area contributed by atoms with Crippen LogP contribution in [0.25, 0.3) is 43.1 Å². The van der Waals surface area contributed by atoms with Gasteiger partial charge in [-0.25, -0.2) is 0 Å². The van der Waals surface area contributed by atoms with Crippen LogP contribution in [0.2, 0.25) is 0 Å². The van der Waals surface area contributed by atoms with Crippen molar-refractivity contribution in [1.82, 2.24) is 0 Å². The van der Waals surface area contributed by atoms with Gasteiger partial charge >= 0.3 is 35.8 Å². The number of esters is 6. The summed E-state index contributed by atoms with van der Waals surface area (Å²) in [6.07, 6.45) is 19.6. The smallest absolute Gasteiger partial charge is 0.312 e. The van der Waals surface area contributed by atoms with E-state index in [0.717, 1.165) is 146 Å². The lowest BCUT2D eigenvalue weighted by molar-refractivity contribution is -0.161. The summed E-state index contributed by atoms with van der Waals surface area (Å²) in [6, 6.07) is 62.9. The highest BCUT2D eigenvalue weighted by Gasteiger charge is 2.34.